The first-order chi connectivity index (χ1) is 9.38. The number of aryl methyl sites for hydroxylation is 1. The van der Waals surface area contributed by atoms with Crippen molar-refractivity contribution in [3.63, 3.8) is 0 Å². The van der Waals surface area contributed by atoms with Crippen LogP contribution in [-0.2, 0) is 6.42 Å². The molecule has 1 N–H and O–H groups in total. The van der Waals surface area contributed by atoms with E-state index in [0.717, 1.165) is 30.8 Å². The lowest BCUT2D eigenvalue weighted by molar-refractivity contribution is 0.340. The molecule has 0 aliphatic rings. The van der Waals surface area contributed by atoms with Crippen LogP contribution in [0.15, 0.2) is 54.6 Å². The Balaban J connectivity index is 1.75. The maximum Gasteiger partial charge on any atom is 0.121 e. The average Bonchev–Trinajstić information content (AvgIpc) is 2.46. The van der Waals surface area contributed by atoms with Crippen LogP contribution < -0.4 is 10.1 Å². The quantitative estimate of drug-likeness (QED) is 0.751. The van der Waals surface area contributed by atoms with Gasteiger partial charge in [0.1, 0.15) is 5.75 Å². The molecule has 0 unspecified atom stereocenters. The molecule has 0 aliphatic carbocycles. The molecule has 0 bridgehead atoms. The largest absolute Gasteiger partial charge is 0.494 e. The minimum Gasteiger partial charge on any atom is -0.494 e. The van der Waals surface area contributed by atoms with Crippen molar-refractivity contribution in [3.8, 4) is 5.75 Å². The molecule has 0 spiro atoms. The van der Waals surface area contributed by atoms with Crippen LogP contribution in [0.2, 0.25) is 0 Å². The highest BCUT2D eigenvalue weighted by Gasteiger charge is 1.96. The van der Waals surface area contributed by atoms with E-state index < -0.39 is 0 Å². The van der Waals surface area contributed by atoms with Crippen LogP contribution in [0, 0.1) is 0 Å². The van der Waals surface area contributed by atoms with Gasteiger partial charge in [-0.25, -0.2) is 0 Å². The van der Waals surface area contributed by atoms with Crippen molar-refractivity contribution in [2.45, 2.75) is 19.8 Å². The van der Waals surface area contributed by atoms with Gasteiger partial charge in [-0.15, -0.1) is 0 Å². The van der Waals surface area contributed by atoms with Gasteiger partial charge in [0.2, 0.25) is 0 Å². The van der Waals surface area contributed by atoms with Gasteiger partial charge in [0.25, 0.3) is 0 Å². The number of benzene rings is 2. The van der Waals surface area contributed by atoms with Crippen molar-refractivity contribution in [1.29, 1.82) is 0 Å². The van der Waals surface area contributed by atoms with Crippen LogP contribution in [0.4, 0.5) is 5.69 Å². The highest BCUT2D eigenvalue weighted by atomic mass is 16.5. The smallest absolute Gasteiger partial charge is 0.121 e. The second-order valence-electron chi connectivity index (χ2n) is 4.48. The van der Waals surface area contributed by atoms with Crippen molar-refractivity contribution >= 4 is 5.69 Å². The normalized spacial score (nSPS) is 10.2. The van der Waals surface area contributed by atoms with Gasteiger partial charge in [-0.05, 0) is 37.5 Å². The summed E-state index contributed by atoms with van der Waals surface area (Å²) in [6.45, 7) is 3.68. The van der Waals surface area contributed by atoms with Crippen LogP contribution in [0.25, 0.3) is 0 Å². The second kappa shape index (κ2) is 7.47. The van der Waals surface area contributed by atoms with E-state index in [0.29, 0.717) is 6.61 Å². The Morgan fingerprint density at radius 3 is 2.63 bits per heavy atom. The Kier molecular flexibility index (Phi) is 5.30. The van der Waals surface area contributed by atoms with Crippen molar-refractivity contribution in [1.82, 2.24) is 0 Å². The first-order valence-corrected chi connectivity index (χ1v) is 6.89. The summed E-state index contributed by atoms with van der Waals surface area (Å²) in [5.74, 6) is 0.926. The Bertz CT molecular complexity index is 482. The lowest BCUT2D eigenvalue weighted by atomic mass is 10.1. The maximum atomic E-state index is 5.48. The number of anilines is 1. The zero-order chi connectivity index (χ0) is 13.3. The van der Waals surface area contributed by atoms with Crippen LogP contribution in [0.5, 0.6) is 5.75 Å². The first-order valence-electron chi connectivity index (χ1n) is 6.89. The number of ether oxygens (including phenoxy) is 1. The van der Waals surface area contributed by atoms with Crippen LogP contribution in [0.1, 0.15) is 18.9 Å². The van der Waals surface area contributed by atoms with Crippen molar-refractivity contribution in [2.75, 3.05) is 18.5 Å². The zero-order valence-electron chi connectivity index (χ0n) is 11.4. The predicted molar refractivity (Wildman–Crippen MR) is 80.9 cm³/mol. The lowest BCUT2D eigenvalue weighted by Gasteiger charge is -2.08. The standard InChI is InChI=1S/C17H21NO/c1-2-19-17-12-6-11-16(14-17)18-13-7-10-15-8-4-3-5-9-15/h3-6,8-9,11-12,14,18H,2,7,10,13H2,1H3. The lowest BCUT2D eigenvalue weighted by Crippen LogP contribution is -2.03. The van der Waals surface area contributed by atoms with Gasteiger partial charge in [-0.2, -0.15) is 0 Å². The molecule has 2 aromatic carbocycles. The third kappa shape index (κ3) is 4.66. The summed E-state index contributed by atoms with van der Waals surface area (Å²) in [6, 6.07) is 18.7. The Hall–Kier alpha value is -1.96. The number of hydrogen-bond acceptors (Lipinski definition) is 2. The summed E-state index contributed by atoms with van der Waals surface area (Å²) in [5.41, 5.74) is 2.52. The molecule has 19 heavy (non-hydrogen) atoms. The fourth-order valence-corrected chi connectivity index (χ4v) is 2.03. The topological polar surface area (TPSA) is 21.3 Å². The molecule has 2 nitrogen and oxygen atoms in total. The molecule has 0 atom stereocenters. The molecule has 0 fully saturated rings. The molecule has 2 rings (SSSR count). The van der Waals surface area contributed by atoms with Crippen LogP contribution >= 0.6 is 0 Å². The van der Waals surface area contributed by atoms with E-state index in [9.17, 15) is 0 Å². The third-order valence-corrected chi connectivity index (χ3v) is 2.96. The summed E-state index contributed by atoms with van der Waals surface area (Å²) in [7, 11) is 0. The van der Waals surface area contributed by atoms with Gasteiger partial charge in [0.15, 0.2) is 0 Å². The molecule has 0 saturated carbocycles. The number of rotatable bonds is 7. The third-order valence-electron chi connectivity index (χ3n) is 2.96. The number of nitrogens with one attached hydrogen (secondary N) is 1. The summed E-state index contributed by atoms with van der Waals surface area (Å²) in [6.07, 6.45) is 2.24. The van der Waals surface area contributed by atoms with Gasteiger partial charge in [-0.3, -0.25) is 0 Å². The molecule has 0 aromatic heterocycles. The van der Waals surface area contributed by atoms with Crippen LogP contribution in [-0.4, -0.2) is 13.2 Å². The summed E-state index contributed by atoms with van der Waals surface area (Å²) in [4.78, 5) is 0. The summed E-state index contributed by atoms with van der Waals surface area (Å²) >= 11 is 0. The minimum atomic E-state index is 0.706. The molecule has 100 valence electrons. The van der Waals surface area contributed by atoms with E-state index in [4.69, 9.17) is 4.74 Å². The van der Waals surface area contributed by atoms with Gasteiger partial charge >= 0.3 is 0 Å². The fraction of sp³-hybridized carbons (Fsp3) is 0.294. The maximum absolute atomic E-state index is 5.48. The minimum absolute atomic E-state index is 0.706. The van der Waals surface area contributed by atoms with Crippen molar-refractivity contribution in [2.24, 2.45) is 0 Å². The average molecular weight is 255 g/mol. The first kappa shape index (κ1) is 13.5. The van der Waals surface area contributed by atoms with Gasteiger partial charge < -0.3 is 10.1 Å². The second-order valence-corrected chi connectivity index (χ2v) is 4.48. The van der Waals surface area contributed by atoms with Crippen LogP contribution in [0.3, 0.4) is 0 Å². The van der Waals surface area contributed by atoms with E-state index in [1.54, 1.807) is 0 Å². The highest BCUT2D eigenvalue weighted by molar-refractivity contribution is 5.48. The molecule has 0 saturated heterocycles. The molecule has 0 radical (unpaired) electrons. The van der Waals surface area contributed by atoms with E-state index >= 15 is 0 Å². The zero-order valence-corrected chi connectivity index (χ0v) is 11.4. The Morgan fingerprint density at radius 2 is 1.84 bits per heavy atom. The predicted octanol–water partition coefficient (Wildman–Crippen LogP) is 4.13. The molecule has 2 aromatic rings. The van der Waals surface area contributed by atoms with Gasteiger partial charge in [0, 0.05) is 18.3 Å². The van der Waals surface area contributed by atoms with E-state index in [-0.39, 0.29) is 0 Å². The molecular formula is C17H21NO. The molecule has 0 amide bonds. The fourth-order valence-electron chi connectivity index (χ4n) is 2.03. The highest BCUT2D eigenvalue weighted by Crippen LogP contribution is 2.17. The van der Waals surface area contributed by atoms with E-state index in [1.807, 2.05) is 25.1 Å². The molecule has 2 heteroatoms. The molecule has 0 aliphatic heterocycles. The van der Waals surface area contributed by atoms with Crippen molar-refractivity contribution in [3.05, 3.63) is 60.2 Å². The number of hydrogen-bond donors (Lipinski definition) is 1. The Morgan fingerprint density at radius 1 is 1.00 bits per heavy atom. The summed E-state index contributed by atoms with van der Waals surface area (Å²) in [5, 5.41) is 3.43. The van der Waals surface area contributed by atoms with Gasteiger partial charge in [0.05, 0.1) is 6.61 Å². The van der Waals surface area contributed by atoms with Crippen molar-refractivity contribution < 1.29 is 4.74 Å². The van der Waals surface area contributed by atoms with E-state index in [1.165, 1.54) is 5.56 Å². The molecule has 0 heterocycles. The summed E-state index contributed by atoms with van der Waals surface area (Å²) < 4.78 is 5.48. The van der Waals surface area contributed by atoms with E-state index in [2.05, 4.69) is 41.7 Å². The molecular weight excluding hydrogens is 234 g/mol. The SMILES string of the molecule is CCOc1cccc(NCCCc2ccccc2)c1. The van der Waals surface area contributed by atoms with Gasteiger partial charge in [-0.1, -0.05) is 36.4 Å². The Labute approximate surface area is 115 Å². The monoisotopic (exact) mass is 255 g/mol.